The van der Waals surface area contributed by atoms with E-state index in [4.69, 9.17) is 14.2 Å². The lowest BCUT2D eigenvalue weighted by molar-refractivity contribution is 0.324. The van der Waals surface area contributed by atoms with E-state index in [0.717, 1.165) is 12.1 Å². The van der Waals surface area contributed by atoms with Crippen LogP contribution < -0.4 is 19.0 Å². The normalized spacial score (nSPS) is 11.8. The summed E-state index contributed by atoms with van der Waals surface area (Å²) in [5.74, 6) is -0.560. The predicted octanol–water partition coefficient (Wildman–Crippen LogP) is 5.77. The first kappa shape index (κ1) is 24.1. The van der Waals surface area contributed by atoms with Crippen molar-refractivity contribution in [1.82, 2.24) is 4.68 Å². The van der Waals surface area contributed by atoms with Crippen LogP contribution in [0.5, 0.6) is 17.2 Å². The topological polar surface area (TPSA) is 57.3 Å². The standard InChI is InChI=1S/C25H20F3N3O3S/c1-32-22-10-15(11-23(33-2)24(22)34-3)13-29-31-21(16-4-6-17(26)7-5-16)14-35-25(31)30-20-9-8-18(27)12-19(20)28/h4-14H,1-3H3/b29-13-,30-25?. The number of hydrogen-bond acceptors (Lipinski definition) is 6. The Kier molecular flexibility index (Phi) is 7.21. The zero-order valence-electron chi connectivity index (χ0n) is 19.0. The van der Waals surface area contributed by atoms with E-state index in [1.807, 2.05) is 0 Å². The van der Waals surface area contributed by atoms with E-state index in [0.29, 0.717) is 38.9 Å². The van der Waals surface area contributed by atoms with Crippen molar-refractivity contribution in [2.24, 2.45) is 10.1 Å². The molecule has 1 aromatic heterocycles. The average molecular weight is 500 g/mol. The molecule has 0 saturated carbocycles. The molecule has 0 radical (unpaired) electrons. The van der Waals surface area contributed by atoms with Crippen molar-refractivity contribution in [1.29, 1.82) is 0 Å². The first-order valence-corrected chi connectivity index (χ1v) is 11.1. The monoisotopic (exact) mass is 499 g/mol. The molecule has 4 rings (SSSR count). The molecule has 6 nitrogen and oxygen atoms in total. The van der Waals surface area contributed by atoms with Gasteiger partial charge >= 0.3 is 0 Å². The molecule has 0 atom stereocenters. The molecule has 180 valence electrons. The Labute approximate surface area is 203 Å². The van der Waals surface area contributed by atoms with Gasteiger partial charge in [0, 0.05) is 22.6 Å². The number of aromatic nitrogens is 1. The zero-order valence-corrected chi connectivity index (χ0v) is 19.8. The molecular formula is C25H20F3N3O3S. The van der Waals surface area contributed by atoms with Crippen LogP contribution in [0.2, 0.25) is 0 Å². The molecule has 4 aromatic rings. The highest BCUT2D eigenvalue weighted by Crippen LogP contribution is 2.37. The van der Waals surface area contributed by atoms with Gasteiger partial charge in [0.1, 0.15) is 17.3 Å². The summed E-state index contributed by atoms with van der Waals surface area (Å²) in [6, 6.07) is 12.4. The highest BCUT2D eigenvalue weighted by Gasteiger charge is 2.13. The van der Waals surface area contributed by atoms with Gasteiger partial charge in [-0.15, -0.1) is 11.3 Å². The van der Waals surface area contributed by atoms with Gasteiger partial charge in [-0.25, -0.2) is 22.8 Å². The lowest BCUT2D eigenvalue weighted by atomic mass is 10.2. The maximum atomic E-state index is 14.3. The van der Waals surface area contributed by atoms with E-state index >= 15 is 0 Å². The number of nitrogens with zero attached hydrogens (tertiary/aromatic N) is 3. The molecule has 10 heteroatoms. The van der Waals surface area contributed by atoms with Gasteiger partial charge in [0.15, 0.2) is 17.3 Å². The van der Waals surface area contributed by atoms with Crippen molar-refractivity contribution in [2.45, 2.75) is 0 Å². The summed E-state index contributed by atoms with van der Waals surface area (Å²) in [4.78, 5) is 4.65. The molecule has 0 spiro atoms. The van der Waals surface area contributed by atoms with Gasteiger partial charge < -0.3 is 14.2 Å². The van der Waals surface area contributed by atoms with E-state index in [1.54, 1.807) is 35.9 Å². The molecule has 0 aliphatic carbocycles. The van der Waals surface area contributed by atoms with Crippen LogP contribution in [0, 0.1) is 17.5 Å². The second-order valence-corrected chi connectivity index (χ2v) is 7.97. The highest BCUT2D eigenvalue weighted by atomic mass is 32.1. The largest absolute Gasteiger partial charge is 0.493 e. The van der Waals surface area contributed by atoms with E-state index < -0.39 is 11.6 Å². The lowest BCUT2D eigenvalue weighted by Gasteiger charge is -2.12. The third-order valence-corrected chi connectivity index (χ3v) is 5.78. The fourth-order valence-corrected chi connectivity index (χ4v) is 4.13. The van der Waals surface area contributed by atoms with Gasteiger partial charge in [-0.3, -0.25) is 0 Å². The van der Waals surface area contributed by atoms with Gasteiger partial charge in [0.25, 0.3) is 0 Å². The number of rotatable bonds is 7. The summed E-state index contributed by atoms with van der Waals surface area (Å²) in [6.45, 7) is 0. The van der Waals surface area contributed by atoms with E-state index in [1.165, 1.54) is 55.5 Å². The Balaban J connectivity index is 1.86. The van der Waals surface area contributed by atoms with Crippen LogP contribution in [-0.2, 0) is 0 Å². The summed E-state index contributed by atoms with van der Waals surface area (Å²) in [5.41, 5.74) is 1.85. The number of hydrogen-bond donors (Lipinski definition) is 0. The fraction of sp³-hybridized carbons (Fsp3) is 0.120. The molecule has 0 aliphatic heterocycles. The molecule has 3 aromatic carbocycles. The Hall–Kier alpha value is -4.05. The van der Waals surface area contributed by atoms with E-state index in [2.05, 4.69) is 10.1 Å². The number of benzene rings is 3. The zero-order chi connectivity index (χ0) is 24.9. The van der Waals surface area contributed by atoms with Gasteiger partial charge in [0.2, 0.25) is 10.6 Å². The van der Waals surface area contributed by atoms with E-state index in [9.17, 15) is 13.2 Å². The van der Waals surface area contributed by atoms with Crippen molar-refractivity contribution in [3.05, 3.63) is 87.8 Å². The third kappa shape index (κ3) is 5.22. The molecule has 35 heavy (non-hydrogen) atoms. The fourth-order valence-electron chi connectivity index (χ4n) is 3.28. The second kappa shape index (κ2) is 10.5. The van der Waals surface area contributed by atoms with Crippen molar-refractivity contribution < 1.29 is 27.4 Å². The molecule has 0 N–H and O–H groups in total. The Morgan fingerprint density at radius 1 is 0.829 bits per heavy atom. The first-order chi connectivity index (χ1) is 16.9. The SMILES string of the molecule is COc1cc(/C=N\n2c(-c3ccc(F)cc3)csc2=Nc2ccc(F)cc2F)cc(OC)c1OC. The van der Waals surface area contributed by atoms with Crippen molar-refractivity contribution in [2.75, 3.05) is 21.3 Å². The van der Waals surface area contributed by atoms with Crippen LogP contribution in [0.3, 0.4) is 0 Å². The molecule has 1 heterocycles. The minimum Gasteiger partial charge on any atom is -0.493 e. The van der Waals surface area contributed by atoms with Gasteiger partial charge in [-0.1, -0.05) is 0 Å². The Morgan fingerprint density at radius 2 is 1.49 bits per heavy atom. The second-order valence-electron chi connectivity index (χ2n) is 7.13. The molecule has 0 amide bonds. The minimum absolute atomic E-state index is 0.0457. The molecule has 0 unspecified atom stereocenters. The lowest BCUT2D eigenvalue weighted by Crippen LogP contribution is -2.12. The summed E-state index contributed by atoms with van der Waals surface area (Å²) >= 11 is 1.20. The van der Waals surface area contributed by atoms with Crippen molar-refractivity contribution in [3.63, 3.8) is 0 Å². The minimum atomic E-state index is -0.804. The average Bonchev–Trinajstić information content (AvgIpc) is 3.26. The van der Waals surface area contributed by atoms with Crippen molar-refractivity contribution in [3.8, 4) is 28.5 Å². The van der Waals surface area contributed by atoms with Gasteiger partial charge in [-0.2, -0.15) is 5.10 Å². The summed E-state index contributed by atoms with van der Waals surface area (Å²) in [7, 11) is 4.52. The summed E-state index contributed by atoms with van der Waals surface area (Å²) in [5, 5.41) is 6.31. The smallest absolute Gasteiger partial charge is 0.211 e. The highest BCUT2D eigenvalue weighted by molar-refractivity contribution is 7.07. The molecule has 0 fully saturated rings. The quantitative estimate of drug-likeness (QED) is 0.303. The third-order valence-electron chi connectivity index (χ3n) is 4.96. The van der Waals surface area contributed by atoms with Crippen LogP contribution in [-0.4, -0.2) is 32.2 Å². The van der Waals surface area contributed by atoms with Crippen LogP contribution in [0.4, 0.5) is 18.9 Å². The number of halogens is 3. The van der Waals surface area contributed by atoms with E-state index in [-0.39, 0.29) is 11.5 Å². The van der Waals surface area contributed by atoms with Crippen LogP contribution in [0.15, 0.2) is 70.1 Å². The molecule has 0 aliphatic rings. The number of ether oxygens (including phenoxy) is 3. The Morgan fingerprint density at radius 3 is 2.09 bits per heavy atom. The Bertz CT molecular complexity index is 1420. The summed E-state index contributed by atoms with van der Waals surface area (Å²) < 4.78 is 58.7. The maximum absolute atomic E-state index is 14.3. The van der Waals surface area contributed by atoms with Crippen molar-refractivity contribution >= 4 is 23.2 Å². The predicted molar refractivity (Wildman–Crippen MR) is 128 cm³/mol. The van der Waals surface area contributed by atoms with Crippen LogP contribution in [0.25, 0.3) is 11.3 Å². The first-order valence-electron chi connectivity index (χ1n) is 10.2. The molecule has 0 bridgehead atoms. The summed E-state index contributed by atoms with van der Waals surface area (Å²) in [6.07, 6.45) is 1.55. The number of methoxy groups -OCH3 is 3. The van der Waals surface area contributed by atoms with Crippen LogP contribution in [0.1, 0.15) is 5.56 Å². The van der Waals surface area contributed by atoms with Crippen LogP contribution >= 0.6 is 11.3 Å². The van der Waals surface area contributed by atoms with Gasteiger partial charge in [0.05, 0.1) is 33.2 Å². The molecule has 0 saturated heterocycles. The number of thiazole rings is 1. The van der Waals surface area contributed by atoms with Gasteiger partial charge in [-0.05, 0) is 48.5 Å². The molecular weight excluding hydrogens is 479 g/mol. The maximum Gasteiger partial charge on any atom is 0.211 e.